The quantitative estimate of drug-likeness (QED) is 0.803. The lowest BCUT2D eigenvalue weighted by atomic mass is 10.2. The molecule has 0 aliphatic carbocycles. The monoisotopic (exact) mass is 219 g/mol. The molecule has 0 aliphatic rings. The standard InChI is InChI=1S/C10H9N3O3/c1-16-8-3-2-6-7(12-10(14)15)4-5-11-9(6)13-8/h2-5H,1H3,(H,14,15)(H,11,12,13). The molecule has 0 aliphatic heterocycles. The molecule has 2 aromatic rings. The van der Waals surface area contributed by atoms with Crippen LogP contribution in [0.25, 0.3) is 11.0 Å². The van der Waals surface area contributed by atoms with Crippen molar-refractivity contribution in [3.8, 4) is 5.88 Å². The minimum absolute atomic E-state index is 0.436. The minimum Gasteiger partial charge on any atom is -0.481 e. The zero-order valence-electron chi connectivity index (χ0n) is 8.47. The zero-order chi connectivity index (χ0) is 11.5. The summed E-state index contributed by atoms with van der Waals surface area (Å²) in [5.74, 6) is 0.437. The lowest BCUT2D eigenvalue weighted by Gasteiger charge is -2.05. The fraction of sp³-hybridized carbons (Fsp3) is 0.100. The summed E-state index contributed by atoms with van der Waals surface area (Å²) in [4.78, 5) is 18.7. The van der Waals surface area contributed by atoms with Gasteiger partial charge in [0, 0.05) is 17.6 Å². The smallest absolute Gasteiger partial charge is 0.409 e. The molecule has 0 unspecified atom stereocenters. The summed E-state index contributed by atoms with van der Waals surface area (Å²) in [6.07, 6.45) is 0.364. The first kappa shape index (κ1) is 10.2. The van der Waals surface area contributed by atoms with Crippen LogP contribution in [-0.4, -0.2) is 28.3 Å². The number of hydrogen-bond acceptors (Lipinski definition) is 4. The number of methoxy groups -OCH3 is 1. The van der Waals surface area contributed by atoms with Crippen molar-refractivity contribution >= 4 is 22.8 Å². The molecule has 82 valence electrons. The molecule has 6 nitrogen and oxygen atoms in total. The summed E-state index contributed by atoms with van der Waals surface area (Å²) in [6.45, 7) is 0. The Hall–Kier alpha value is -2.37. The van der Waals surface area contributed by atoms with E-state index in [0.29, 0.717) is 22.6 Å². The molecule has 0 atom stereocenters. The Kier molecular flexibility index (Phi) is 2.55. The third-order valence-corrected chi connectivity index (χ3v) is 2.03. The van der Waals surface area contributed by atoms with Crippen LogP contribution >= 0.6 is 0 Å². The van der Waals surface area contributed by atoms with E-state index in [0.717, 1.165) is 0 Å². The van der Waals surface area contributed by atoms with E-state index in [1.807, 2.05) is 0 Å². The number of pyridine rings is 2. The molecule has 0 radical (unpaired) electrons. The van der Waals surface area contributed by atoms with Gasteiger partial charge in [0.1, 0.15) is 0 Å². The lowest BCUT2D eigenvalue weighted by molar-refractivity contribution is 0.210. The molecule has 0 saturated carbocycles. The fourth-order valence-electron chi connectivity index (χ4n) is 1.35. The second-order valence-electron chi connectivity index (χ2n) is 3.01. The van der Waals surface area contributed by atoms with Crippen molar-refractivity contribution in [3.05, 3.63) is 24.4 Å². The van der Waals surface area contributed by atoms with Crippen molar-refractivity contribution in [2.75, 3.05) is 12.4 Å². The summed E-state index contributed by atoms with van der Waals surface area (Å²) in [5, 5.41) is 11.6. The van der Waals surface area contributed by atoms with Crippen LogP contribution in [0, 0.1) is 0 Å². The van der Waals surface area contributed by atoms with Crippen LogP contribution in [0.3, 0.4) is 0 Å². The summed E-state index contributed by atoms with van der Waals surface area (Å²) in [7, 11) is 1.51. The first-order chi connectivity index (χ1) is 7.70. The van der Waals surface area contributed by atoms with Gasteiger partial charge in [0.2, 0.25) is 5.88 Å². The van der Waals surface area contributed by atoms with Gasteiger partial charge in [-0.2, -0.15) is 4.98 Å². The number of amides is 1. The molecule has 0 bridgehead atoms. The molecule has 0 aromatic carbocycles. The molecule has 0 saturated heterocycles. The van der Waals surface area contributed by atoms with Gasteiger partial charge in [-0.1, -0.05) is 0 Å². The predicted octanol–water partition coefficient (Wildman–Crippen LogP) is 1.73. The first-order valence-electron chi connectivity index (χ1n) is 4.50. The van der Waals surface area contributed by atoms with Gasteiger partial charge in [-0.3, -0.25) is 5.32 Å². The average molecular weight is 219 g/mol. The molecular formula is C10H9N3O3. The maximum Gasteiger partial charge on any atom is 0.409 e. The molecular weight excluding hydrogens is 210 g/mol. The Bertz CT molecular complexity index is 542. The number of carbonyl (C=O) groups is 1. The maximum absolute atomic E-state index is 10.6. The molecule has 0 fully saturated rings. The highest BCUT2D eigenvalue weighted by Gasteiger charge is 2.06. The van der Waals surface area contributed by atoms with Crippen LogP contribution in [0.15, 0.2) is 24.4 Å². The van der Waals surface area contributed by atoms with E-state index in [1.54, 1.807) is 18.2 Å². The highest BCUT2D eigenvalue weighted by atomic mass is 16.5. The van der Waals surface area contributed by atoms with E-state index < -0.39 is 6.09 Å². The topological polar surface area (TPSA) is 84.3 Å². The highest BCUT2D eigenvalue weighted by molar-refractivity contribution is 5.96. The number of anilines is 1. The van der Waals surface area contributed by atoms with Gasteiger partial charge in [0.05, 0.1) is 12.8 Å². The van der Waals surface area contributed by atoms with Gasteiger partial charge in [-0.25, -0.2) is 9.78 Å². The fourth-order valence-corrected chi connectivity index (χ4v) is 1.35. The van der Waals surface area contributed by atoms with E-state index in [2.05, 4.69) is 15.3 Å². The number of aromatic nitrogens is 2. The van der Waals surface area contributed by atoms with Crippen LogP contribution in [0.4, 0.5) is 10.5 Å². The van der Waals surface area contributed by atoms with Crippen molar-refractivity contribution in [3.63, 3.8) is 0 Å². The van der Waals surface area contributed by atoms with Crippen molar-refractivity contribution in [1.82, 2.24) is 9.97 Å². The number of hydrogen-bond donors (Lipinski definition) is 2. The van der Waals surface area contributed by atoms with Gasteiger partial charge >= 0.3 is 6.09 Å². The largest absolute Gasteiger partial charge is 0.481 e. The van der Waals surface area contributed by atoms with Crippen molar-refractivity contribution < 1.29 is 14.6 Å². The zero-order valence-corrected chi connectivity index (χ0v) is 8.47. The Morgan fingerprint density at radius 1 is 1.44 bits per heavy atom. The van der Waals surface area contributed by atoms with E-state index in [4.69, 9.17) is 9.84 Å². The van der Waals surface area contributed by atoms with E-state index in [-0.39, 0.29) is 0 Å². The van der Waals surface area contributed by atoms with Gasteiger partial charge in [0.15, 0.2) is 5.65 Å². The van der Waals surface area contributed by atoms with Crippen molar-refractivity contribution in [2.45, 2.75) is 0 Å². The molecule has 6 heteroatoms. The number of ether oxygens (including phenoxy) is 1. The van der Waals surface area contributed by atoms with Gasteiger partial charge < -0.3 is 9.84 Å². The molecule has 2 aromatic heterocycles. The summed E-state index contributed by atoms with van der Waals surface area (Å²) >= 11 is 0. The minimum atomic E-state index is -1.12. The number of fused-ring (bicyclic) bond motifs is 1. The second kappa shape index (κ2) is 4.01. The highest BCUT2D eigenvalue weighted by Crippen LogP contribution is 2.22. The molecule has 16 heavy (non-hydrogen) atoms. The van der Waals surface area contributed by atoms with E-state index in [1.165, 1.54) is 13.3 Å². The van der Waals surface area contributed by atoms with E-state index in [9.17, 15) is 4.79 Å². The number of rotatable bonds is 2. The predicted molar refractivity (Wildman–Crippen MR) is 57.7 cm³/mol. The molecule has 1 amide bonds. The molecule has 0 spiro atoms. The van der Waals surface area contributed by atoms with Crippen LogP contribution in [0.2, 0.25) is 0 Å². The normalized spacial score (nSPS) is 10.1. The van der Waals surface area contributed by atoms with E-state index >= 15 is 0 Å². The van der Waals surface area contributed by atoms with Crippen molar-refractivity contribution in [2.24, 2.45) is 0 Å². The first-order valence-corrected chi connectivity index (χ1v) is 4.50. The van der Waals surface area contributed by atoms with Crippen molar-refractivity contribution in [1.29, 1.82) is 0 Å². The van der Waals surface area contributed by atoms with Gasteiger partial charge in [0.25, 0.3) is 0 Å². The third-order valence-electron chi connectivity index (χ3n) is 2.03. The average Bonchev–Trinajstić information content (AvgIpc) is 2.28. The van der Waals surface area contributed by atoms with Crippen LogP contribution in [0.1, 0.15) is 0 Å². The van der Waals surface area contributed by atoms with Crippen LogP contribution in [0.5, 0.6) is 5.88 Å². The Morgan fingerprint density at radius 3 is 2.94 bits per heavy atom. The Balaban J connectivity index is 2.55. The molecule has 2 rings (SSSR count). The summed E-state index contributed by atoms with van der Waals surface area (Å²) in [6, 6.07) is 4.93. The summed E-state index contributed by atoms with van der Waals surface area (Å²) in [5.41, 5.74) is 0.887. The van der Waals surface area contributed by atoms with Gasteiger partial charge in [-0.15, -0.1) is 0 Å². The Labute approximate surface area is 90.9 Å². The number of nitrogens with one attached hydrogen (secondary N) is 1. The Morgan fingerprint density at radius 2 is 2.25 bits per heavy atom. The lowest BCUT2D eigenvalue weighted by Crippen LogP contribution is -2.07. The molecule has 2 heterocycles. The maximum atomic E-state index is 10.6. The SMILES string of the molecule is COc1ccc2c(NC(=O)O)ccnc2n1. The number of nitrogens with zero attached hydrogens (tertiary/aromatic N) is 2. The molecule has 2 N–H and O–H groups in total. The van der Waals surface area contributed by atoms with Crippen LogP contribution in [-0.2, 0) is 0 Å². The van der Waals surface area contributed by atoms with Gasteiger partial charge in [-0.05, 0) is 12.1 Å². The third kappa shape index (κ3) is 1.85. The summed E-state index contributed by atoms with van der Waals surface area (Å²) < 4.78 is 4.96. The second-order valence-corrected chi connectivity index (χ2v) is 3.01. The number of carboxylic acid groups (broad SMARTS) is 1. The van der Waals surface area contributed by atoms with Crippen LogP contribution < -0.4 is 10.1 Å².